The zero-order valence-electron chi connectivity index (χ0n) is 19.4. The summed E-state index contributed by atoms with van der Waals surface area (Å²) in [7, 11) is 1.57. The highest BCUT2D eigenvalue weighted by molar-refractivity contribution is 5.93. The first kappa shape index (κ1) is 23.3. The van der Waals surface area contributed by atoms with E-state index in [1.807, 2.05) is 67.6 Å². The Labute approximate surface area is 198 Å². The number of aromatic nitrogens is 2. The molecule has 4 rings (SSSR count). The second-order valence-electron chi connectivity index (χ2n) is 8.19. The van der Waals surface area contributed by atoms with Gasteiger partial charge in [0.15, 0.2) is 11.5 Å². The first-order valence-electron chi connectivity index (χ1n) is 11.2. The Bertz CT molecular complexity index is 1360. The van der Waals surface area contributed by atoms with E-state index in [0.717, 1.165) is 28.5 Å². The largest absolute Gasteiger partial charge is 0.493 e. The third kappa shape index (κ3) is 5.02. The summed E-state index contributed by atoms with van der Waals surface area (Å²) in [6.45, 7) is 5.76. The summed E-state index contributed by atoms with van der Waals surface area (Å²) in [6.07, 6.45) is 1.59. The molecule has 34 heavy (non-hydrogen) atoms. The van der Waals surface area contributed by atoms with Gasteiger partial charge in [-0.15, -0.1) is 6.58 Å². The van der Waals surface area contributed by atoms with Crippen molar-refractivity contribution in [1.82, 2.24) is 9.78 Å². The van der Waals surface area contributed by atoms with Crippen LogP contribution in [0.25, 0.3) is 22.0 Å². The maximum absolute atomic E-state index is 13.1. The number of allylic oxidation sites excluding steroid dienone is 1. The molecule has 1 heterocycles. The predicted molar refractivity (Wildman–Crippen MR) is 135 cm³/mol. The normalized spacial score (nSPS) is 11.9. The van der Waals surface area contributed by atoms with Crippen LogP contribution in [0, 0.1) is 6.92 Å². The summed E-state index contributed by atoms with van der Waals surface area (Å²) in [5.41, 5.74) is 3.54. The molecule has 0 bridgehead atoms. The van der Waals surface area contributed by atoms with E-state index in [1.54, 1.807) is 19.2 Å². The van der Waals surface area contributed by atoms with Crippen LogP contribution in [-0.2, 0) is 13.0 Å². The van der Waals surface area contributed by atoms with Crippen LogP contribution >= 0.6 is 0 Å². The van der Waals surface area contributed by atoms with E-state index in [4.69, 9.17) is 9.47 Å². The maximum atomic E-state index is 13.1. The molecule has 0 aliphatic heterocycles. The van der Waals surface area contributed by atoms with E-state index >= 15 is 0 Å². The minimum absolute atomic E-state index is 0.000603. The summed E-state index contributed by atoms with van der Waals surface area (Å²) in [5.74, 6) is 1.10. The molecule has 1 aromatic heterocycles. The van der Waals surface area contributed by atoms with Gasteiger partial charge < -0.3 is 14.6 Å². The van der Waals surface area contributed by atoms with Crippen LogP contribution in [-0.4, -0.2) is 34.7 Å². The van der Waals surface area contributed by atoms with Crippen molar-refractivity contribution in [2.24, 2.45) is 0 Å². The molecule has 6 heteroatoms. The van der Waals surface area contributed by atoms with Gasteiger partial charge in [-0.25, -0.2) is 4.68 Å². The lowest BCUT2D eigenvalue weighted by molar-refractivity contribution is 0.0868. The number of rotatable bonds is 9. The number of benzene rings is 3. The molecule has 3 aromatic carbocycles. The Balaban J connectivity index is 1.58. The van der Waals surface area contributed by atoms with Gasteiger partial charge in [0.25, 0.3) is 5.56 Å². The lowest BCUT2D eigenvalue weighted by atomic mass is 10.0. The summed E-state index contributed by atoms with van der Waals surface area (Å²) < 4.78 is 12.5. The third-order valence-corrected chi connectivity index (χ3v) is 5.62. The second-order valence-corrected chi connectivity index (χ2v) is 8.19. The number of fused-ring (bicyclic) bond motifs is 1. The highest BCUT2D eigenvalue weighted by atomic mass is 16.5. The quantitative estimate of drug-likeness (QED) is 0.374. The van der Waals surface area contributed by atoms with Crippen molar-refractivity contribution in [3.8, 4) is 22.8 Å². The number of aliphatic hydroxyl groups excluding tert-OH is 1. The molecule has 0 aliphatic carbocycles. The molecule has 0 aliphatic rings. The van der Waals surface area contributed by atoms with Crippen LogP contribution < -0.4 is 15.0 Å². The first-order valence-corrected chi connectivity index (χ1v) is 11.2. The molecule has 174 valence electrons. The van der Waals surface area contributed by atoms with Crippen molar-refractivity contribution in [2.75, 3.05) is 13.7 Å². The van der Waals surface area contributed by atoms with Crippen LogP contribution in [0.4, 0.5) is 0 Å². The molecule has 1 unspecified atom stereocenters. The molecule has 0 spiro atoms. The fourth-order valence-corrected chi connectivity index (χ4v) is 3.85. The maximum Gasteiger partial charge on any atom is 0.274 e. The number of aliphatic hydroxyl groups is 1. The van der Waals surface area contributed by atoms with Crippen molar-refractivity contribution in [2.45, 2.75) is 26.0 Å². The minimum atomic E-state index is -0.949. The molecule has 0 radical (unpaired) electrons. The molecule has 4 aromatic rings. The van der Waals surface area contributed by atoms with Gasteiger partial charge in [0.1, 0.15) is 12.7 Å². The van der Waals surface area contributed by atoms with Gasteiger partial charge in [-0.2, -0.15) is 5.10 Å². The molecule has 0 saturated heterocycles. The van der Waals surface area contributed by atoms with Crippen LogP contribution in [0.15, 0.2) is 84.2 Å². The lowest BCUT2D eigenvalue weighted by Crippen LogP contribution is -2.32. The number of methoxy groups -OCH3 is 1. The zero-order valence-corrected chi connectivity index (χ0v) is 19.4. The molecular formula is C28H28N2O4. The topological polar surface area (TPSA) is 73.6 Å². The van der Waals surface area contributed by atoms with Crippen molar-refractivity contribution in [3.63, 3.8) is 0 Å². The lowest BCUT2D eigenvalue weighted by Gasteiger charge is -2.17. The zero-order chi connectivity index (χ0) is 24.1. The average Bonchev–Trinajstić information content (AvgIpc) is 2.85. The molecule has 1 atom stereocenters. The Morgan fingerprint density at radius 3 is 2.50 bits per heavy atom. The van der Waals surface area contributed by atoms with Gasteiger partial charge in [0.2, 0.25) is 0 Å². The van der Waals surface area contributed by atoms with Gasteiger partial charge >= 0.3 is 0 Å². The fraction of sp³-hybridized carbons (Fsp3) is 0.214. The Kier molecular flexibility index (Phi) is 7.09. The Hall–Kier alpha value is -3.90. The molecule has 1 N–H and O–H groups in total. The smallest absolute Gasteiger partial charge is 0.274 e. The predicted octanol–water partition coefficient (Wildman–Crippen LogP) is 4.55. The number of hydrogen-bond acceptors (Lipinski definition) is 5. The molecule has 0 fully saturated rings. The second kappa shape index (κ2) is 10.4. The first-order chi connectivity index (χ1) is 16.5. The Morgan fingerprint density at radius 2 is 1.79 bits per heavy atom. The van der Waals surface area contributed by atoms with E-state index in [9.17, 15) is 9.90 Å². The fourth-order valence-electron chi connectivity index (χ4n) is 3.85. The van der Waals surface area contributed by atoms with Crippen LogP contribution in [0.3, 0.4) is 0 Å². The summed E-state index contributed by atoms with van der Waals surface area (Å²) in [6, 6.07) is 21.0. The molecule has 0 amide bonds. The average molecular weight is 457 g/mol. The standard InChI is InChI=1S/C28H28N2O4/c1-4-7-20-12-15-25(26(16-20)33-3)34-18-22(31)17-30-28(32)24-9-6-5-8-23(24)27(29-30)21-13-10-19(2)11-14-21/h4-6,8-16,22,31H,1,7,17-18H2,2-3H3. The monoisotopic (exact) mass is 456 g/mol. The highest BCUT2D eigenvalue weighted by Crippen LogP contribution is 2.29. The Morgan fingerprint density at radius 1 is 1.06 bits per heavy atom. The van der Waals surface area contributed by atoms with Crippen molar-refractivity contribution >= 4 is 10.8 Å². The van der Waals surface area contributed by atoms with Crippen LogP contribution in [0.2, 0.25) is 0 Å². The van der Waals surface area contributed by atoms with E-state index in [0.29, 0.717) is 22.6 Å². The summed E-state index contributed by atoms with van der Waals surface area (Å²) in [5, 5.41) is 16.6. The van der Waals surface area contributed by atoms with E-state index in [2.05, 4.69) is 11.7 Å². The van der Waals surface area contributed by atoms with Gasteiger partial charge in [-0.3, -0.25) is 4.79 Å². The number of hydrogen-bond donors (Lipinski definition) is 1. The summed E-state index contributed by atoms with van der Waals surface area (Å²) >= 11 is 0. The summed E-state index contributed by atoms with van der Waals surface area (Å²) in [4.78, 5) is 13.1. The minimum Gasteiger partial charge on any atom is -0.493 e. The highest BCUT2D eigenvalue weighted by Gasteiger charge is 2.16. The SMILES string of the molecule is C=CCc1ccc(OCC(O)Cn2nc(-c3ccc(C)cc3)c3ccccc3c2=O)c(OC)c1. The van der Waals surface area contributed by atoms with Crippen LogP contribution in [0.1, 0.15) is 11.1 Å². The van der Waals surface area contributed by atoms with E-state index < -0.39 is 6.10 Å². The van der Waals surface area contributed by atoms with E-state index in [-0.39, 0.29) is 18.7 Å². The van der Waals surface area contributed by atoms with Crippen molar-refractivity contribution < 1.29 is 14.6 Å². The van der Waals surface area contributed by atoms with Gasteiger partial charge in [-0.1, -0.05) is 60.2 Å². The van der Waals surface area contributed by atoms with Gasteiger partial charge in [0.05, 0.1) is 24.7 Å². The van der Waals surface area contributed by atoms with Crippen molar-refractivity contribution in [1.29, 1.82) is 0 Å². The van der Waals surface area contributed by atoms with Gasteiger partial charge in [-0.05, 0) is 37.1 Å². The number of nitrogens with zero attached hydrogens (tertiary/aromatic N) is 2. The molecule has 6 nitrogen and oxygen atoms in total. The van der Waals surface area contributed by atoms with Gasteiger partial charge in [0, 0.05) is 10.9 Å². The third-order valence-electron chi connectivity index (χ3n) is 5.62. The number of aryl methyl sites for hydroxylation is 1. The molecular weight excluding hydrogens is 428 g/mol. The van der Waals surface area contributed by atoms with Crippen LogP contribution in [0.5, 0.6) is 11.5 Å². The number of ether oxygens (including phenoxy) is 2. The van der Waals surface area contributed by atoms with E-state index in [1.165, 1.54) is 4.68 Å². The molecule has 0 saturated carbocycles. The van der Waals surface area contributed by atoms with Crippen molar-refractivity contribution in [3.05, 3.63) is 101 Å².